The first-order chi connectivity index (χ1) is 13.7. The van der Waals surface area contributed by atoms with Crippen molar-refractivity contribution in [3.05, 3.63) is 23.8 Å². The Balaban J connectivity index is 2.18. The van der Waals surface area contributed by atoms with Gasteiger partial charge >= 0.3 is 5.97 Å². The van der Waals surface area contributed by atoms with E-state index in [0.29, 0.717) is 0 Å². The number of nitrogens with two attached hydrogens (primary N) is 1. The van der Waals surface area contributed by atoms with Crippen LogP contribution in [0, 0.1) is 0 Å². The fourth-order valence-corrected chi connectivity index (χ4v) is 2.74. The summed E-state index contributed by atoms with van der Waals surface area (Å²) in [5.74, 6) is -2.10. The van der Waals surface area contributed by atoms with Crippen LogP contribution >= 0.6 is 0 Å². The highest BCUT2D eigenvalue weighted by atomic mass is 19.1. The average molecular weight is 417 g/mol. The molecule has 1 aromatic rings. The van der Waals surface area contributed by atoms with Crippen molar-refractivity contribution in [2.24, 2.45) is 5.73 Å². The van der Waals surface area contributed by atoms with Crippen LogP contribution in [0.15, 0.2) is 18.2 Å². The van der Waals surface area contributed by atoms with E-state index in [-0.39, 0.29) is 23.5 Å². The second kappa shape index (κ2) is 9.91. The summed E-state index contributed by atoms with van der Waals surface area (Å²) in [6.45, 7) is -0.961. The van der Waals surface area contributed by atoms with E-state index in [2.05, 4.69) is 10.6 Å². The average Bonchev–Trinajstić information content (AvgIpc) is 2.69. The predicted molar refractivity (Wildman–Crippen MR) is 96.7 cm³/mol. The zero-order chi connectivity index (χ0) is 21.7. The molecule has 12 heteroatoms. The van der Waals surface area contributed by atoms with Crippen molar-refractivity contribution in [1.82, 2.24) is 5.32 Å². The fraction of sp³-hybridized carbons (Fsp3) is 0.529. The number of aliphatic hydroxyl groups is 3. The topological polar surface area (TPSA) is 184 Å². The Hall–Kier alpha value is -2.35. The number of carboxylic acids is 1. The predicted octanol–water partition coefficient (Wildman–Crippen LogP) is -2.09. The Morgan fingerprint density at radius 1 is 1.28 bits per heavy atom. The van der Waals surface area contributed by atoms with Gasteiger partial charge < -0.3 is 46.3 Å². The molecule has 2 rings (SSSR count). The van der Waals surface area contributed by atoms with Gasteiger partial charge in [-0.3, -0.25) is 4.79 Å². The minimum absolute atomic E-state index is 0.0279. The van der Waals surface area contributed by atoms with Gasteiger partial charge in [-0.05, 0) is 25.2 Å². The van der Waals surface area contributed by atoms with E-state index in [0.717, 1.165) is 0 Å². The van der Waals surface area contributed by atoms with E-state index in [1.54, 1.807) is 7.05 Å². The summed E-state index contributed by atoms with van der Waals surface area (Å²) in [6.07, 6.45) is -9.03. The third kappa shape index (κ3) is 5.18. The molecule has 0 spiro atoms. The van der Waals surface area contributed by atoms with Gasteiger partial charge in [0, 0.05) is 17.8 Å². The minimum atomic E-state index is -1.87. The van der Waals surface area contributed by atoms with Gasteiger partial charge in [0.15, 0.2) is 6.10 Å². The van der Waals surface area contributed by atoms with E-state index in [1.165, 1.54) is 18.2 Å². The molecule has 1 saturated heterocycles. The van der Waals surface area contributed by atoms with Crippen LogP contribution in [-0.4, -0.2) is 82.6 Å². The van der Waals surface area contributed by atoms with Gasteiger partial charge in [0.25, 0.3) is 0 Å². The number of hydrogen-bond acceptors (Lipinski definition) is 9. The normalized spacial score (nSPS) is 27.9. The molecule has 1 fully saturated rings. The highest BCUT2D eigenvalue weighted by molar-refractivity contribution is 5.95. The van der Waals surface area contributed by atoms with Gasteiger partial charge in [0.1, 0.15) is 30.7 Å². The fourth-order valence-electron chi connectivity index (χ4n) is 2.74. The van der Waals surface area contributed by atoms with Crippen LogP contribution in [0.5, 0.6) is 5.75 Å². The Bertz CT molecular complexity index is 733. The van der Waals surface area contributed by atoms with E-state index in [1.807, 2.05) is 0 Å². The molecule has 0 saturated carbocycles. The lowest BCUT2D eigenvalue weighted by molar-refractivity contribution is -0.271. The number of aliphatic carboxylic acids is 1. The van der Waals surface area contributed by atoms with Crippen molar-refractivity contribution in [3.8, 4) is 5.75 Å². The zero-order valence-corrected chi connectivity index (χ0v) is 15.5. The molecule has 1 aliphatic rings. The molecule has 1 heterocycles. The number of carboxylic acid groups (broad SMARTS) is 1. The van der Waals surface area contributed by atoms with Gasteiger partial charge in [0.05, 0.1) is 6.04 Å². The SMILES string of the molecule is CNC(CN)C(=O)Nc1ccc(OC2OC(C(=O)O)C(O)C(O)C2O)c(CF)c1. The summed E-state index contributed by atoms with van der Waals surface area (Å²) < 4.78 is 23.8. The molecule has 0 aromatic heterocycles. The Morgan fingerprint density at radius 2 is 1.97 bits per heavy atom. The molecular formula is C17H24FN3O8. The number of benzene rings is 1. The van der Waals surface area contributed by atoms with Crippen LogP contribution < -0.4 is 21.1 Å². The first kappa shape index (κ1) is 22.9. The zero-order valence-electron chi connectivity index (χ0n) is 15.5. The number of alkyl halides is 1. The second-order valence-electron chi connectivity index (χ2n) is 6.38. The van der Waals surface area contributed by atoms with Crippen molar-refractivity contribution in [2.45, 2.75) is 43.4 Å². The summed E-state index contributed by atoms with van der Waals surface area (Å²) in [6, 6.07) is 3.31. The number of anilines is 1. The lowest BCUT2D eigenvalue weighted by Crippen LogP contribution is -2.61. The largest absolute Gasteiger partial charge is 0.479 e. The Morgan fingerprint density at radius 3 is 2.52 bits per heavy atom. The number of ether oxygens (including phenoxy) is 2. The van der Waals surface area contributed by atoms with Crippen LogP contribution in [0.2, 0.25) is 0 Å². The number of amides is 1. The molecule has 0 aliphatic carbocycles. The molecule has 1 amide bonds. The maximum Gasteiger partial charge on any atom is 0.335 e. The first-order valence-electron chi connectivity index (χ1n) is 8.69. The lowest BCUT2D eigenvalue weighted by Gasteiger charge is -2.38. The third-order valence-electron chi connectivity index (χ3n) is 4.43. The maximum atomic E-state index is 13.5. The number of halogens is 1. The molecule has 6 atom stereocenters. The van der Waals surface area contributed by atoms with Crippen LogP contribution in [0.4, 0.5) is 10.1 Å². The summed E-state index contributed by atoms with van der Waals surface area (Å²) in [4.78, 5) is 23.2. The summed E-state index contributed by atoms with van der Waals surface area (Å²) in [5, 5.41) is 43.8. The molecule has 6 unspecified atom stereocenters. The monoisotopic (exact) mass is 417 g/mol. The lowest BCUT2D eigenvalue weighted by atomic mass is 9.99. The quantitative estimate of drug-likeness (QED) is 0.247. The van der Waals surface area contributed by atoms with E-state index < -0.39 is 55.3 Å². The first-order valence-corrected chi connectivity index (χ1v) is 8.69. The number of nitrogens with one attached hydrogen (secondary N) is 2. The standard InChI is InChI=1S/C17H24FN3O8/c1-20-9(6-19)15(25)21-8-2-3-10(7(4-8)5-18)28-17-13(24)11(22)12(23)14(29-17)16(26)27/h2-4,9,11-14,17,20,22-24H,5-6,19H2,1H3,(H,21,25)(H,26,27). The highest BCUT2D eigenvalue weighted by Crippen LogP contribution is 2.29. The van der Waals surface area contributed by atoms with Crippen molar-refractivity contribution in [3.63, 3.8) is 0 Å². The van der Waals surface area contributed by atoms with E-state index in [9.17, 15) is 29.3 Å². The molecule has 1 aromatic carbocycles. The Kier molecular flexibility index (Phi) is 7.84. The smallest absolute Gasteiger partial charge is 0.335 e. The second-order valence-corrected chi connectivity index (χ2v) is 6.38. The highest BCUT2D eigenvalue weighted by Gasteiger charge is 2.48. The molecule has 0 bridgehead atoms. The van der Waals surface area contributed by atoms with Crippen molar-refractivity contribution < 1.29 is 43.9 Å². The molecule has 162 valence electrons. The molecule has 0 radical (unpaired) electrons. The number of carbonyl (C=O) groups is 2. The molecule has 1 aliphatic heterocycles. The van der Waals surface area contributed by atoms with E-state index in [4.69, 9.17) is 20.3 Å². The minimum Gasteiger partial charge on any atom is -0.479 e. The number of aliphatic hydroxyl groups excluding tert-OH is 3. The van der Waals surface area contributed by atoms with Gasteiger partial charge in [-0.2, -0.15) is 0 Å². The van der Waals surface area contributed by atoms with Gasteiger partial charge in [0.2, 0.25) is 12.2 Å². The van der Waals surface area contributed by atoms with Gasteiger partial charge in [-0.15, -0.1) is 0 Å². The molecule has 11 nitrogen and oxygen atoms in total. The van der Waals surface area contributed by atoms with E-state index >= 15 is 0 Å². The van der Waals surface area contributed by atoms with Gasteiger partial charge in [-0.1, -0.05) is 0 Å². The number of likely N-dealkylation sites (N-methyl/N-ethyl adjacent to an activating group) is 1. The number of rotatable bonds is 8. The number of carbonyl (C=O) groups excluding carboxylic acids is 1. The van der Waals surface area contributed by atoms with Crippen molar-refractivity contribution >= 4 is 17.6 Å². The van der Waals surface area contributed by atoms with Crippen LogP contribution in [0.3, 0.4) is 0 Å². The maximum absolute atomic E-state index is 13.5. The van der Waals surface area contributed by atoms with Crippen molar-refractivity contribution in [1.29, 1.82) is 0 Å². The Labute approximate surface area is 165 Å². The summed E-state index contributed by atoms with van der Waals surface area (Å²) in [7, 11) is 1.56. The van der Waals surface area contributed by atoms with Crippen LogP contribution in [0.25, 0.3) is 0 Å². The molecular weight excluding hydrogens is 393 g/mol. The third-order valence-corrected chi connectivity index (χ3v) is 4.43. The summed E-state index contributed by atoms with van der Waals surface area (Å²) >= 11 is 0. The van der Waals surface area contributed by atoms with Crippen LogP contribution in [0.1, 0.15) is 5.56 Å². The van der Waals surface area contributed by atoms with Crippen LogP contribution in [-0.2, 0) is 21.0 Å². The molecule has 29 heavy (non-hydrogen) atoms. The summed E-state index contributed by atoms with van der Waals surface area (Å²) in [5.41, 5.74) is 5.70. The van der Waals surface area contributed by atoms with Gasteiger partial charge in [-0.25, -0.2) is 9.18 Å². The number of hydrogen-bond donors (Lipinski definition) is 7. The molecule has 8 N–H and O–H groups in total. The van der Waals surface area contributed by atoms with Crippen molar-refractivity contribution in [2.75, 3.05) is 18.9 Å².